The summed E-state index contributed by atoms with van der Waals surface area (Å²) in [6.07, 6.45) is 6.45. The maximum atomic E-state index is 6.08. The number of hydrogen-bond acceptors (Lipinski definition) is 3. The Balaban J connectivity index is 1.81. The third-order valence-corrected chi connectivity index (χ3v) is 3.31. The van der Waals surface area contributed by atoms with Gasteiger partial charge in [-0.3, -0.25) is 0 Å². The van der Waals surface area contributed by atoms with Crippen molar-refractivity contribution in [1.29, 1.82) is 0 Å². The Morgan fingerprint density at radius 2 is 2.31 bits per heavy atom. The molecule has 0 unspecified atom stereocenters. The van der Waals surface area contributed by atoms with E-state index in [1.165, 1.54) is 18.4 Å². The first-order chi connectivity index (χ1) is 7.65. The quantitative estimate of drug-likeness (QED) is 0.845. The second-order valence-corrected chi connectivity index (χ2v) is 4.86. The molecule has 1 aliphatic rings. The number of nitrogens with two attached hydrogens (primary N) is 1. The summed E-state index contributed by atoms with van der Waals surface area (Å²) in [5, 5.41) is 4.26. The van der Waals surface area contributed by atoms with Crippen LogP contribution in [0.25, 0.3) is 5.65 Å². The van der Waals surface area contributed by atoms with Gasteiger partial charge in [0.2, 0.25) is 0 Å². The van der Waals surface area contributed by atoms with Gasteiger partial charge in [0.05, 0.1) is 0 Å². The SMILES string of the molecule is Cc1nc2cc(CCC3(N)CC3)ccn2n1. The van der Waals surface area contributed by atoms with Gasteiger partial charge in [0.1, 0.15) is 5.82 Å². The molecule has 2 aromatic rings. The third kappa shape index (κ3) is 1.80. The van der Waals surface area contributed by atoms with Gasteiger partial charge in [0.15, 0.2) is 5.65 Å². The Hall–Kier alpha value is -1.42. The predicted octanol–water partition coefficient (Wildman–Crippen LogP) is 1.46. The number of rotatable bonds is 3. The van der Waals surface area contributed by atoms with E-state index >= 15 is 0 Å². The van der Waals surface area contributed by atoms with E-state index in [4.69, 9.17) is 5.73 Å². The fourth-order valence-corrected chi connectivity index (χ4v) is 1.99. The van der Waals surface area contributed by atoms with Crippen molar-refractivity contribution in [2.45, 2.75) is 38.1 Å². The molecule has 1 saturated carbocycles. The van der Waals surface area contributed by atoms with Gasteiger partial charge in [-0.05, 0) is 50.3 Å². The first-order valence-electron chi connectivity index (χ1n) is 5.75. The first kappa shape index (κ1) is 9.78. The predicted molar refractivity (Wildman–Crippen MR) is 62.2 cm³/mol. The van der Waals surface area contributed by atoms with Crippen LogP contribution in [-0.4, -0.2) is 20.1 Å². The molecule has 2 N–H and O–H groups in total. The van der Waals surface area contributed by atoms with Gasteiger partial charge in [0, 0.05) is 11.7 Å². The Morgan fingerprint density at radius 3 is 3.06 bits per heavy atom. The van der Waals surface area contributed by atoms with E-state index in [0.29, 0.717) is 0 Å². The van der Waals surface area contributed by atoms with Crippen LogP contribution in [0.5, 0.6) is 0 Å². The summed E-state index contributed by atoms with van der Waals surface area (Å²) in [6.45, 7) is 1.91. The van der Waals surface area contributed by atoms with Gasteiger partial charge < -0.3 is 5.73 Å². The highest BCUT2D eigenvalue weighted by atomic mass is 15.3. The minimum absolute atomic E-state index is 0.135. The van der Waals surface area contributed by atoms with E-state index in [0.717, 1.165) is 24.3 Å². The third-order valence-electron chi connectivity index (χ3n) is 3.31. The van der Waals surface area contributed by atoms with Crippen LogP contribution in [0.1, 0.15) is 30.7 Å². The number of aryl methyl sites for hydroxylation is 2. The van der Waals surface area contributed by atoms with Gasteiger partial charge in [-0.1, -0.05) is 0 Å². The van der Waals surface area contributed by atoms with Gasteiger partial charge in [-0.2, -0.15) is 5.10 Å². The van der Waals surface area contributed by atoms with Crippen molar-refractivity contribution in [3.05, 3.63) is 29.7 Å². The lowest BCUT2D eigenvalue weighted by atomic mass is 10.1. The van der Waals surface area contributed by atoms with Gasteiger partial charge in [0.25, 0.3) is 0 Å². The zero-order valence-electron chi connectivity index (χ0n) is 9.48. The topological polar surface area (TPSA) is 56.2 Å². The molecule has 16 heavy (non-hydrogen) atoms. The second-order valence-electron chi connectivity index (χ2n) is 4.86. The number of hydrogen-bond donors (Lipinski definition) is 1. The van der Waals surface area contributed by atoms with E-state index in [2.05, 4.69) is 22.2 Å². The van der Waals surface area contributed by atoms with Crippen LogP contribution in [0.3, 0.4) is 0 Å². The fraction of sp³-hybridized carbons (Fsp3) is 0.500. The van der Waals surface area contributed by atoms with Crippen LogP contribution in [-0.2, 0) is 6.42 Å². The molecule has 84 valence electrons. The van der Waals surface area contributed by atoms with E-state index in [-0.39, 0.29) is 5.54 Å². The summed E-state index contributed by atoms with van der Waals surface area (Å²) in [7, 11) is 0. The second kappa shape index (κ2) is 3.28. The van der Waals surface area contributed by atoms with Crippen LogP contribution >= 0.6 is 0 Å². The largest absolute Gasteiger partial charge is 0.325 e. The minimum atomic E-state index is 0.135. The van der Waals surface area contributed by atoms with Crippen LogP contribution in [0, 0.1) is 6.92 Å². The van der Waals surface area contributed by atoms with Crippen LogP contribution in [0.2, 0.25) is 0 Å². The summed E-state index contributed by atoms with van der Waals surface area (Å²) >= 11 is 0. The van der Waals surface area contributed by atoms with Crippen molar-refractivity contribution >= 4 is 5.65 Å². The molecule has 0 aliphatic heterocycles. The molecule has 4 heteroatoms. The van der Waals surface area contributed by atoms with Gasteiger partial charge >= 0.3 is 0 Å². The zero-order valence-corrected chi connectivity index (χ0v) is 9.48. The van der Waals surface area contributed by atoms with Crippen molar-refractivity contribution in [3.8, 4) is 0 Å². The summed E-state index contributed by atoms with van der Waals surface area (Å²) in [6, 6.07) is 4.21. The molecule has 0 spiro atoms. The normalized spacial score (nSPS) is 17.9. The molecular weight excluding hydrogens is 200 g/mol. The van der Waals surface area contributed by atoms with Crippen molar-refractivity contribution < 1.29 is 0 Å². The van der Waals surface area contributed by atoms with Gasteiger partial charge in [-0.25, -0.2) is 9.50 Å². The molecule has 0 aromatic carbocycles. The number of nitrogens with zero attached hydrogens (tertiary/aromatic N) is 3. The molecule has 2 heterocycles. The highest BCUT2D eigenvalue weighted by Gasteiger charge is 2.37. The molecule has 0 saturated heterocycles. The highest BCUT2D eigenvalue weighted by molar-refractivity contribution is 5.40. The molecule has 0 radical (unpaired) electrons. The molecule has 0 bridgehead atoms. The van der Waals surface area contributed by atoms with Crippen molar-refractivity contribution in [2.75, 3.05) is 0 Å². The van der Waals surface area contributed by atoms with Crippen molar-refractivity contribution in [3.63, 3.8) is 0 Å². The van der Waals surface area contributed by atoms with Crippen LogP contribution in [0.4, 0.5) is 0 Å². The minimum Gasteiger partial charge on any atom is -0.325 e. The average molecular weight is 216 g/mol. The molecule has 1 aliphatic carbocycles. The maximum Gasteiger partial charge on any atom is 0.155 e. The highest BCUT2D eigenvalue weighted by Crippen LogP contribution is 2.36. The molecular formula is C12H16N4. The molecule has 0 amide bonds. The molecule has 0 atom stereocenters. The number of fused-ring (bicyclic) bond motifs is 1. The average Bonchev–Trinajstić information content (AvgIpc) is 2.87. The molecule has 2 aromatic heterocycles. The maximum absolute atomic E-state index is 6.08. The standard InChI is InChI=1S/C12H16N4/c1-9-14-11-8-10(3-7-16(11)15-9)2-4-12(13)5-6-12/h3,7-8H,2,4-6,13H2,1H3. The Kier molecular flexibility index (Phi) is 2.01. The molecule has 3 rings (SSSR count). The Morgan fingerprint density at radius 1 is 1.50 bits per heavy atom. The Bertz CT molecular complexity index is 525. The summed E-state index contributed by atoms with van der Waals surface area (Å²) in [5.41, 5.74) is 8.44. The molecule has 4 nitrogen and oxygen atoms in total. The number of aromatic nitrogens is 3. The van der Waals surface area contributed by atoms with E-state index in [1.807, 2.05) is 17.6 Å². The van der Waals surface area contributed by atoms with Crippen molar-refractivity contribution in [2.24, 2.45) is 5.73 Å². The van der Waals surface area contributed by atoms with E-state index < -0.39 is 0 Å². The van der Waals surface area contributed by atoms with Crippen molar-refractivity contribution in [1.82, 2.24) is 14.6 Å². The van der Waals surface area contributed by atoms with Gasteiger partial charge in [-0.15, -0.1) is 0 Å². The van der Waals surface area contributed by atoms with E-state index in [9.17, 15) is 0 Å². The summed E-state index contributed by atoms with van der Waals surface area (Å²) in [5.74, 6) is 0.814. The lowest BCUT2D eigenvalue weighted by molar-refractivity contribution is 0.609. The van der Waals surface area contributed by atoms with Crippen LogP contribution < -0.4 is 5.73 Å². The zero-order chi connectivity index (χ0) is 11.2. The lowest BCUT2D eigenvalue weighted by Crippen LogP contribution is -2.22. The fourth-order valence-electron chi connectivity index (χ4n) is 1.99. The first-order valence-corrected chi connectivity index (χ1v) is 5.75. The summed E-state index contributed by atoms with van der Waals surface area (Å²) in [4.78, 5) is 4.35. The lowest BCUT2D eigenvalue weighted by Gasteiger charge is -2.07. The number of pyridine rings is 1. The monoisotopic (exact) mass is 216 g/mol. The smallest absolute Gasteiger partial charge is 0.155 e. The van der Waals surface area contributed by atoms with E-state index in [1.54, 1.807) is 0 Å². The Labute approximate surface area is 94.5 Å². The summed E-state index contributed by atoms with van der Waals surface area (Å²) < 4.78 is 1.81. The van der Waals surface area contributed by atoms with Crippen LogP contribution in [0.15, 0.2) is 18.3 Å². The molecule has 1 fully saturated rings.